The molecule has 4 nitrogen and oxygen atoms in total. The number of aliphatic hydroxyl groups excluding tert-OH is 1. The minimum Gasteiger partial charge on any atom is -0.394 e. The summed E-state index contributed by atoms with van der Waals surface area (Å²) in [5, 5.41) is 12.0. The molecule has 100 valence electrons. The molecule has 0 saturated heterocycles. The molecule has 0 aliphatic rings. The van der Waals surface area contributed by atoms with Crippen LogP contribution in [0.15, 0.2) is 30.3 Å². The Hall–Kier alpha value is -1.39. The van der Waals surface area contributed by atoms with Crippen molar-refractivity contribution in [2.24, 2.45) is 0 Å². The van der Waals surface area contributed by atoms with Crippen LogP contribution >= 0.6 is 0 Å². The maximum atomic E-state index is 11.6. The van der Waals surface area contributed by atoms with Crippen LogP contribution in [0.2, 0.25) is 0 Å². The van der Waals surface area contributed by atoms with Gasteiger partial charge in [0, 0.05) is 0 Å². The highest BCUT2D eigenvalue weighted by molar-refractivity contribution is 5.77. The van der Waals surface area contributed by atoms with Crippen LogP contribution in [-0.2, 0) is 16.0 Å². The molecule has 0 saturated carbocycles. The van der Waals surface area contributed by atoms with E-state index in [0.717, 1.165) is 5.56 Å². The normalized spacial score (nSPS) is 12.4. The topological polar surface area (TPSA) is 58.6 Å². The van der Waals surface area contributed by atoms with Crippen molar-refractivity contribution in [1.82, 2.24) is 5.32 Å². The van der Waals surface area contributed by atoms with Crippen molar-refractivity contribution in [3.05, 3.63) is 35.9 Å². The minimum atomic E-state index is -0.268. The van der Waals surface area contributed by atoms with Gasteiger partial charge in [0.05, 0.1) is 18.8 Å². The molecule has 1 amide bonds. The van der Waals surface area contributed by atoms with Crippen LogP contribution < -0.4 is 5.32 Å². The first-order chi connectivity index (χ1) is 8.61. The lowest BCUT2D eigenvalue weighted by atomic mass is 10.1. The van der Waals surface area contributed by atoms with Crippen molar-refractivity contribution in [3.63, 3.8) is 0 Å². The third-order valence-electron chi connectivity index (χ3n) is 2.46. The van der Waals surface area contributed by atoms with Gasteiger partial charge < -0.3 is 15.2 Å². The lowest BCUT2D eigenvalue weighted by Gasteiger charge is -2.17. The van der Waals surface area contributed by atoms with Crippen molar-refractivity contribution < 1.29 is 14.6 Å². The average molecular weight is 251 g/mol. The molecule has 0 aliphatic heterocycles. The zero-order valence-corrected chi connectivity index (χ0v) is 10.9. The number of benzene rings is 1. The lowest BCUT2D eigenvalue weighted by molar-refractivity contribution is -0.128. The van der Waals surface area contributed by atoms with Crippen LogP contribution in [-0.4, -0.2) is 36.4 Å². The molecular weight excluding hydrogens is 230 g/mol. The maximum absolute atomic E-state index is 11.6. The average Bonchev–Trinajstić information content (AvgIpc) is 2.37. The van der Waals surface area contributed by atoms with E-state index >= 15 is 0 Å². The highest BCUT2D eigenvalue weighted by Gasteiger charge is 2.12. The Labute approximate surface area is 108 Å². The van der Waals surface area contributed by atoms with Crippen LogP contribution in [0.25, 0.3) is 0 Å². The fraction of sp³-hybridized carbons (Fsp3) is 0.500. The van der Waals surface area contributed by atoms with Crippen LogP contribution in [0.1, 0.15) is 19.4 Å². The highest BCUT2D eigenvalue weighted by atomic mass is 16.5. The molecule has 4 heteroatoms. The van der Waals surface area contributed by atoms with Crippen molar-refractivity contribution in [2.75, 3.05) is 13.2 Å². The molecule has 0 fully saturated rings. The van der Waals surface area contributed by atoms with Gasteiger partial charge in [0.2, 0.25) is 5.91 Å². The minimum absolute atomic E-state index is 0.0254. The van der Waals surface area contributed by atoms with Crippen LogP contribution in [0.4, 0.5) is 0 Å². The van der Waals surface area contributed by atoms with E-state index in [0.29, 0.717) is 6.42 Å². The molecule has 18 heavy (non-hydrogen) atoms. The van der Waals surface area contributed by atoms with Gasteiger partial charge in [-0.2, -0.15) is 0 Å². The standard InChI is InChI=1S/C14H21NO3/c1-11(2)18-10-14(17)15-13(9-16)8-12-6-4-3-5-7-12/h3-7,11,13,16H,8-10H2,1-2H3,(H,15,17)/t13-/m0/s1. The quantitative estimate of drug-likeness (QED) is 0.764. The molecule has 0 radical (unpaired) electrons. The van der Waals surface area contributed by atoms with Gasteiger partial charge in [0.15, 0.2) is 0 Å². The van der Waals surface area contributed by atoms with Crippen LogP contribution in [0, 0.1) is 0 Å². The number of carbonyl (C=O) groups is 1. The number of hydrogen-bond donors (Lipinski definition) is 2. The van der Waals surface area contributed by atoms with Gasteiger partial charge in [-0.3, -0.25) is 4.79 Å². The van der Waals surface area contributed by atoms with E-state index < -0.39 is 0 Å². The van der Waals surface area contributed by atoms with Crippen molar-refractivity contribution in [3.8, 4) is 0 Å². The highest BCUT2D eigenvalue weighted by Crippen LogP contribution is 2.02. The van der Waals surface area contributed by atoms with Gasteiger partial charge in [-0.05, 0) is 25.8 Å². The van der Waals surface area contributed by atoms with Gasteiger partial charge in [-0.25, -0.2) is 0 Å². The SMILES string of the molecule is CC(C)OCC(=O)N[C@H](CO)Cc1ccccc1. The molecule has 1 rings (SSSR count). The van der Waals surface area contributed by atoms with Gasteiger partial charge in [-0.15, -0.1) is 0 Å². The summed E-state index contributed by atoms with van der Waals surface area (Å²) in [7, 11) is 0. The molecule has 1 atom stereocenters. The number of aliphatic hydroxyl groups is 1. The Kier molecular flexibility index (Phi) is 6.39. The number of rotatable bonds is 7. The van der Waals surface area contributed by atoms with E-state index in [1.54, 1.807) is 0 Å². The lowest BCUT2D eigenvalue weighted by Crippen LogP contribution is -2.41. The zero-order chi connectivity index (χ0) is 13.4. The fourth-order valence-electron chi connectivity index (χ4n) is 1.57. The Morgan fingerprint density at radius 3 is 2.56 bits per heavy atom. The van der Waals surface area contributed by atoms with Crippen LogP contribution in [0.3, 0.4) is 0 Å². The first kappa shape index (κ1) is 14.7. The molecule has 0 heterocycles. The van der Waals surface area contributed by atoms with Gasteiger partial charge in [0.1, 0.15) is 6.61 Å². The molecular formula is C14H21NO3. The third-order valence-corrected chi connectivity index (χ3v) is 2.46. The molecule has 2 N–H and O–H groups in total. The number of amides is 1. The zero-order valence-electron chi connectivity index (χ0n) is 10.9. The van der Waals surface area contributed by atoms with E-state index in [4.69, 9.17) is 4.74 Å². The summed E-state index contributed by atoms with van der Waals surface area (Å²) in [6, 6.07) is 9.49. The Bertz CT molecular complexity index is 351. The Morgan fingerprint density at radius 1 is 1.33 bits per heavy atom. The second-order valence-corrected chi connectivity index (χ2v) is 4.50. The van der Waals surface area contributed by atoms with Crippen LogP contribution in [0.5, 0.6) is 0 Å². The van der Waals surface area contributed by atoms with Gasteiger partial charge in [-0.1, -0.05) is 30.3 Å². The van der Waals surface area contributed by atoms with E-state index in [-0.39, 0.29) is 31.3 Å². The molecule has 1 aromatic carbocycles. The molecule has 0 aliphatic carbocycles. The summed E-state index contributed by atoms with van der Waals surface area (Å²) in [6.45, 7) is 3.70. The molecule has 0 bridgehead atoms. The second-order valence-electron chi connectivity index (χ2n) is 4.50. The molecule has 0 aromatic heterocycles. The van der Waals surface area contributed by atoms with Crippen molar-refractivity contribution >= 4 is 5.91 Å². The third kappa shape index (κ3) is 5.80. The van der Waals surface area contributed by atoms with E-state index in [1.165, 1.54) is 0 Å². The van der Waals surface area contributed by atoms with E-state index in [9.17, 15) is 9.90 Å². The summed E-state index contributed by atoms with van der Waals surface area (Å²) >= 11 is 0. The largest absolute Gasteiger partial charge is 0.394 e. The first-order valence-corrected chi connectivity index (χ1v) is 6.17. The molecule has 0 unspecified atom stereocenters. The summed E-state index contributed by atoms with van der Waals surface area (Å²) in [5.74, 6) is -0.196. The van der Waals surface area contributed by atoms with Crippen molar-refractivity contribution in [2.45, 2.75) is 32.4 Å². The summed E-state index contributed by atoms with van der Waals surface area (Å²) in [6.07, 6.45) is 0.641. The number of nitrogens with one attached hydrogen (secondary N) is 1. The van der Waals surface area contributed by atoms with Gasteiger partial charge in [0.25, 0.3) is 0 Å². The predicted octanol–water partition coefficient (Wildman–Crippen LogP) is 1.13. The molecule has 1 aromatic rings. The van der Waals surface area contributed by atoms with Gasteiger partial charge >= 0.3 is 0 Å². The first-order valence-electron chi connectivity index (χ1n) is 6.17. The predicted molar refractivity (Wildman–Crippen MR) is 70.3 cm³/mol. The number of carbonyl (C=O) groups excluding carboxylic acids is 1. The Morgan fingerprint density at radius 2 is 2.00 bits per heavy atom. The number of hydrogen-bond acceptors (Lipinski definition) is 3. The van der Waals surface area contributed by atoms with Crippen molar-refractivity contribution in [1.29, 1.82) is 0 Å². The number of ether oxygens (including phenoxy) is 1. The monoisotopic (exact) mass is 251 g/mol. The Balaban J connectivity index is 2.40. The summed E-state index contributed by atoms with van der Waals surface area (Å²) in [5.41, 5.74) is 1.08. The van der Waals surface area contributed by atoms with E-state index in [2.05, 4.69) is 5.32 Å². The fourth-order valence-corrected chi connectivity index (χ4v) is 1.57. The summed E-state index contributed by atoms with van der Waals surface area (Å²) < 4.78 is 5.21. The molecule has 0 spiro atoms. The summed E-state index contributed by atoms with van der Waals surface area (Å²) in [4.78, 5) is 11.6. The smallest absolute Gasteiger partial charge is 0.246 e. The van der Waals surface area contributed by atoms with E-state index in [1.807, 2.05) is 44.2 Å². The second kappa shape index (κ2) is 7.84. The maximum Gasteiger partial charge on any atom is 0.246 e.